The van der Waals surface area contributed by atoms with Crippen molar-refractivity contribution in [3.05, 3.63) is 53.3 Å². The van der Waals surface area contributed by atoms with Crippen molar-refractivity contribution in [3.8, 4) is 0 Å². The average molecular weight is 374 g/mol. The van der Waals surface area contributed by atoms with E-state index in [9.17, 15) is 9.59 Å². The molecule has 2 amide bonds. The van der Waals surface area contributed by atoms with Gasteiger partial charge in [-0.1, -0.05) is 23.7 Å². The second kappa shape index (κ2) is 8.62. The van der Waals surface area contributed by atoms with Crippen molar-refractivity contribution < 1.29 is 9.59 Å². The van der Waals surface area contributed by atoms with E-state index in [1.54, 1.807) is 29.4 Å². The summed E-state index contributed by atoms with van der Waals surface area (Å²) in [5.74, 6) is -0.424. The Kier molecular flexibility index (Phi) is 6.01. The molecule has 1 N–H and O–H groups in total. The van der Waals surface area contributed by atoms with Gasteiger partial charge in [0.1, 0.15) is 0 Å². The molecule has 136 valence electrons. The molecule has 2 heterocycles. The lowest BCUT2D eigenvalue weighted by Crippen LogP contribution is -2.53. The number of hydrogen-bond acceptors (Lipinski definition) is 5. The second-order valence-corrected chi connectivity index (χ2v) is 6.40. The number of hydrogen-bond donors (Lipinski definition) is 1. The van der Waals surface area contributed by atoms with Crippen LogP contribution in [0.1, 0.15) is 5.56 Å². The molecule has 0 aliphatic carbocycles. The van der Waals surface area contributed by atoms with Crippen LogP contribution in [0.5, 0.6) is 0 Å². The highest BCUT2D eigenvalue weighted by Crippen LogP contribution is 2.11. The van der Waals surface area contributed by atoms with Gasteiger partial charge >= 0.3 is 11.8 Å². The molecule has 1 aliphatic rings. The molecule has 2 aromatic rings. The zero-order valence-electron chi connectivity index (χ0n) is 14.3. The summed E-state index contributed by atoms with van der Waals surface area (Å²) in [7, 11) is 0. The highest BCUT2D eigenvalue weighted by atomic mass is 35.5. The Bertz CT molecular complexity index is 763. The van der Waals surface area contributed by atoms with Gasteiger partial charge in [0.05, 0.1) is 0 Å². The third-order valence-electron chi connectivity index (χ3n) is 4.18. The molecule has 0 saturated carbocycles. The SMILES string of the molecule is O=C(NCCc1cccc(Cl)c1)C(=O)N1CCN(c2ncccn2)CC1. The number of nitrogens with one attached hydrogen (secondary N) is 1. The van der Waals surface area contributed by atoms with Gasteiger partial charge in [-0.2, -0.15) is 0 Å². The van der Waals surface area contributed by atoms with Gasteiger partial charge < -0.3 is 15.1 Å². The highest BCUT2D eigenvalue weighted by molar-refractivity contribution is 6.35. The van der Waals surface area contributed by atoms with Crippen LogP contribution in [0.4, 0.5) is 5.95 Å². The topological polar surface area (TPSA) is 78.4 Å². The minimum atomic E-state index is -0.573. The molecule has 1 saturated heterocycles. The Morgan fingerprint density at radius 2 is 1.81 bits per heavy atom. The maximum absolute atomic E-state index is 12.3. The van der Waals surface area contributed by atoms with Gasteiger partial charge in [0.25, 0.3) is 0 Å². The van der Waals surface area contributed by atoms with Crippen molar-refractivity contribution in [3.63, 3.8) is 0 Å². The molecule has 1 fully saturated rings. The Hall–Kier alpha value is -2.67. The lowest BCUT2D eigenvalue weighted by Gasteiger charge is -2.34. The Morgan fingerprint density at radius 1 is 1.08 bits per heavy atom. The molecule has 3 rings (SSSR count). The van der Waals surface area contributed by atoms with Crippen molar-refractivity contribution in [1.82, 2.24) is 20.2 Å². The number of nitrogens with zero attached hydrogens (tertiary/aromatic N) is 4. The maximum Gasteiger partial charge on any atom is 0.312 e. The standard InChI is InChI=1S/C18H20ClN5O2/c19-15-4-1-3-14(13-15)5-8-20-16(25)17(26)23-9-11-24(12-10-23)18-21-6-2-7-22-18/h1-4,6-7,13H,5,8-12H2,(H,20,25). The number of aromatic nitrogens is 2. The van der Waals surface area contributed by atoms with E-state index >= 15 is 0 Å². The molecule has 26 heavy (non-hydrogen) atoms. The number of carbonyl (C=O) groups is 2. The van der Waals surface area contributed by atoms with Crippen LogP contribution in [0.15, 0.2) is 42.7 Å². The van der Waals surface area contributed by atoms with E-state index < -0.39 is 11.8 Å². The predicted octanol–water partition coefficient (Wildman–Crippen LogP) is 1.14. The fourth-order valence-electron chi connectivity index (χ4n) is 2.80. The van der Waals surface area contributed by atoms with Crippen LogP contribution >= 0.6 is 11.6 Å². The van der Waals surface area contributed by atoms with Crippen molar-refractivity contribution in [2.24, 2.45) is 0 Å². The number of amides is 2. The first-order chi connectivity index (χ1) is 12.6. The van der Waals surface area contributed by atoms with E-state index in [0.29, 0.717) is 50.1 Å². The number of piperazine rings is 1. The zero-order chi connectivity index (χ0) is 18.4. The Morgan fingerprint density at radius 3 is 2.50 bits per heavy atom. The summed E-state index contributed by atoms with van der Waals surface area (Å²) in [6.07, 6.45) is 4.00. The van der Waals surface area contributed by atoms with Crippen LogP contribution in [0, 0.1) is 0 Å². The number of rotatable bonds is 4. The molecule has 1 aliphatic heterocycles. The summed E-state index contributed by atoms with van der Waals surface area (Å²) in [4.78, 5) is 36.3. The van der Waals surface area contributed by atoms with Gasteiger partial charge in [0.15, 0.2) is 0 Å². The molecule has 0 atom stereocenters. The molecule has 1 aromatic heterocycles. The van der Waals surface area contributed by atoms with Gasteiger partial charge in [-0.3, -0.25) is 9.59 Å². The smallest absolute Gasteiger partial charge is 0.312 e. The van der Waals surface area contributed by atoms with E-state index in [0.717, 1.165) is 5.56 Å². The van der Waals surface area contributed by atoms with Gasteiger partial charge in [0, 0.05) is 50.1 Å². The van der Waals surface area contributed by atoms with Crippen molar-refractivity contribution in [1.29, 1.82) is 0 Å². The lowest BCUT2D eigenvalue weighted by atomic mass is 10.1. The van der Waals surface area contributed by atoms with E-state index in [2.05, 4.69) is 15.3 Å². The van der Waals surface area contributed by atoms with Crippen LogP contribution in [-0.2, 0) is 16.0 Å². The molecule has 0 unspecified atom stereocenters. The predicted molar refractivity (Wildman–Crippen MR) is 99.0 cm³/mol. The third-order valence-corrected chi connectivity index (χ3v) is 4.42. The summed E-state index contributed by atoms with van der Waals surface area (Å²) in [5, 5.41) is 3.34. The largest absolute Gasteiger partial charge is 0.347 e. The summed E-state index contributed by atoms with van der Waals surface area (Å²) < 4.78 is 0. The van der Waals surface area contributed by atoms with Crippen LogP contribution < -0.4 is 10.2 Å². The first kappa shape index (κ1) is 18.1. The molecular formula is C18H20ClN5O2. The van der Waals surface area contributed by atoms with Crippen LogP contribution in [-0.4, -0.2) is 59.4 Å². The summed E-state index contributed by atoms with van der Waals surface area (Å²) in [6.45, 7) is 2.54. The maximum atomic E-state index is 12.3. The summed E-state index contributed by atoms with van der Waals surface area (Å²) >= 11 is 5.93. The monoisotopic (exact) mass is 373 g/mol. The van der Waals surface area contributed by atoms with Gasteiger partial charge in [-0.05, 0) is 30.2 Å². The van der Waals surface area contributed by atoms with Crippen LogP contribution in [0.3, 0.4) is 0 Å². The molecule has 7 nitrogen and oxygen atoms in total. The molecule has 0 bridgehead atoms. The van der Waals surface area contributed by atoms with Crippen molar-refractivity contribution in [2.45, 2.75) is 6.42 Å². The number of anilines is 1. The van der Waals surface area contributed by atoms with E-state index in [4.69, 9.17) is 11.6 Å². The number of halogens is 1. The highest BCUT2D eigenvalue weighted by Gasteiger charge is 2.26. The quantitative estimate of drug-likeness (QED) is 0.813. The first-order valence-corrected chi connectivity index (χ1v) is 8.85. The average Bonchev–Trinajstić information content (AvgIpc) is 2.68. The minimum Gasteiger partial charge on any atom is -0.347 e. The number of benzene rings is 1. The first-order valence-electron chi connectivity index (χ1n) is 8.47. The normalized spacial score (nSPS) is 14.2. The van der Waals surface area contributed by atoms with Crippen LogP contribution in [0.2, 0.25) is 5.02 Å². The van der Waals surface area contributed by atoms with Crippen LogP contribution in [0.25, 0.3) is 0 Å². The number of carbonyl (C=O) groups excluding carboxylic acids is 2. The van der Waals surface area contributed by atoms with E-state index in [-0.39, 0.29) is 0 Å². The Labute approximate surface area is 157 Å². The third kappa shape index (κ3) is 4.70. The summed E-state index contributed by atoms with van der Waals surface area (Å²) in [5.41, 5.74) is 1.02. The van der Waals surface area contributed by atoms with Crippen molar-refractivity contribution in [2.75, 3.05) is 37.6 Å². The minimum absolute atomic E-state index is 0.392. The Balaban J connectivity index is 1.43. The lowest BCUT2D eigenvalue weighted by molar-refractivity contribution is -0.146. The van der Waals surface area contributed by atoms with Gasteiger partial charge in [-0.25, -0.2) is 9.97 Å². The van der Waals surface area contributed by atoms with Crippen molar-refractivity contribution >= 4 is 29.4 Å². The molecular weight excluding hydrogens is 354 g/mol. The molecule has 0 spiro atoms. The molecule has 0 radical (unpaired) electrons. The van der Waals surface area contributed by atoms with Gasteiger partial charge in [0.2, 0.25) is 5.95 Å². The second-order valence-electron chi connectivity index (χ2n) is 5.96. The molecule has 8 heteroatoms. The van der Waals surface area contributed by atoms with Gasteiger partial charge in [-0.15, -0.1) is 0 Å². The fourth-order valence-corrected chi connectivity index (χ4v) is 3.01. The fraction of sp³-hybridized carbons (Fsp3) is 0.333. The van der Waals surface area contributed by atoms with E-state index in [1.807, 2.05) is 23.1 Å². The zero-order valence-corrected chi connectivity index (χ0v) is 15.0. The summed E-state index contributed by atoms with van der Waals surface area (Å²) in [6, 6.07) is 9.20. The van der Waals surface area contributed by atoms with E-state index in [1.165, 1.54) is 0 Å². The molecule has 1 aromatic carbocycles.